The molecule has 0 aliphatic carbocycles. The summed E-state index contributed by atoms with van der Waals surface area (Å²) in [6, 6.07) is 14.0. The van der Waals surface area contributed by atoms with Crippen LogP contribution < -0.4 is 15.5 Å². The van der Waals surface area contributed by atoms with Gasteiger partial charge in [-0.15, -0.1) is 0 Å². The van der Waals surface area contributed by atoms with E-state index in [1.807, 2.05) is 30.3 Å². The smallest absolute Gasteiger partial charge is 0.239 e. The molecule has 2 N–H and O–H groups in total. The fraction of sp³-hybridized carbons (Fsp3) is 0.400. The lowest BCUT2D eigenvalue weighted by Crippen LogP contribution is -2.32. The number of rotatable bonds is 6. The van der Waals surface area contributed by atoms with Gasteiger partial charge in [0.15, 0.2) is 0 Å². The summed E-state index contributed by atoms with van der Waals surface area (Å²) in [7, 11) is 0. The Balaban J connectivity index is 1.43. The summed E-state index contributed by atoms with van der Waals surface area (Å²) in [4.78, 5) is 18.5. The van der Waals surface area contributed by atoms with Crippen molar-refractivity contribution in [3.8, 4) is 0 Å². The third-order valence-electron chi connectivity index (χ3n) is 4.66. The van der Waals surface area contributed by atoms with Crippen molar-refractivity contribution >= 4 is 17.3 Å². The molecule has 1 aliphatic heterocycles. The fourth-order valence-electron chi connectivity index (χ4n) is 2.99. The molecular formula is C20H26N4O. The quantitative estimate of drug-likeness (QED) is 0.850. The number of aromatic nitrogens is 1. The number of benzene rings is 1. The van der Waals surface area contributed by atoms with Gasteiger partial charge in [0.1, 0.15) is 0 Å². The largest absolute Gasteiger partial charge is 0.376 e. The Bertz CT molecular complexity index is 664. The van der Waals surface area contributed by atoms with Gasteiger partial charge in [0.25, 0.3) is 0 Å². The van der Waals surface area contributed by atoms with Crippen LogP contribution in [0.2, 0.25) is 0 Å². The van der Waals surface area contributed by atoms with Crippen LogP contribution in [0, 0.1) is 5.92 Å². The first-order chi connectivity index (χ1) is 12.2. The molecular weight excluding hydrogens is 312 g/mol. The van der Waals surface area contributed by atoms with Gasteiger partial charge in [-0.2, -0.15) is 0 Å². The van der Waals surface area contributed by atoms with Crippen LogP contribution in [0.1, 0.15) is 25.5 Å². The first-order valence-corrected chi connectivity index (χ1v) is 8.96. The van der Waals surface area contributed by atoms with E-state index >= 15 is 0 Å². The van der Waals surface area contributed by atoms with Gasteiger partial charge in [0, 0.05) is 30.7 Å². The highest BCUT2D eigenvalue weighted by molar-refractivity contribution is 5.80. The second-order valence-corrected chi connectivity index (χ2v) is 6.67. The minimum absolute atomic E-state index is 0.0419. The van der Waals surface area contributed by atoms with E-state index in [9.17, 15) is 4.79 Å². The van der Waals surface area contributed by atoms with Crippen LogP contribution in [0.5, 0.6) is 0 Å². The SMILES string of the molecule is CC1CCN(c2ccc(NCC(=O)NCc3ccccn3)cc2)CC1. The van der Waals surface area contributed by atoms with Crippen LogP contribution in [0.3, 0.4) is 0 Å². The molecule has 1 aromatic carbocycles. The van der Waals surface area contributed by atoms with Crippen LogP contribution in [-0.2, 0) is 11.3 Å². The lowest BCUT2D eigenvalue weighted by Gasteiger charge is -2.32. The monoisotopic (exact) mass is 338 g/mol. The number of carbonyl (C=O) groups excluding carboxylic acids is 1. The van der Waals surface area contributed by atoms with Crippen molar-refractivity contribution in [2.75, 3.05) is 29.9 Å². The van der Waals surface area contributed by atoms with E-state index in [1.165, 1.54) is 18.5 Å². The van der Waals surface area contributed by atoms with Gasteiger partial charge < -0.3 is 15.5 Å². The molecule has 0 radical (unpaired) electrons. The Morgan fingerprint density at radius 3 is 2.60 bits per heavy atom. The summed E-state index contributed by atoms with van der Waals surface area (Å²) in [5.41, 5.74) is 3.08. The molecule has 0 saturated carbocycles. The molecule has 132 valence electrons. The first-order valence-electron chi connectivity index (χ1n) is 8.96. The first kappa shape index (κ1) is 17.3. The topological polar surface area (TPSA) is 57.3 Å². The molecule has 3 rings (SSSR count). The van der Waals surface area contributed by atoms with E-state index in [1.54, 1.807) is 6.20 Å². The molecule has 5 heteroatoms. The van der Waals surface area contributed by atoms with Crippen LogP contribution >= 0.6 is 0 Å². The number of carbonyl (C=O) groups is 1. The molecule has 1 aliphatic rings. The van der Waals surface area contributed by atoms with Crippen LogP contribution in [0.25, 0.3) is 0 Å². The van der Waals surface area contributed by atoms with E-state index in [-0.39, 0.29) is 12.5 Å². The highest BCUT2D eigenvalue weighted by atomic mass is 16.1. The van der Waals surface area contributed by atoms with Gasteiger partial charge in [-0.3, -0.25) is 9.78 Å². The third-order valence-corrected chi connectivity index (χ3v) is 4.66. The van der Waals surface area contributed by atoms with E-state index < -0.39 is 0 Å². The molecule has 1 fully saturated rings. The molecule has 0 unspecified atom stereocenters. The van der Waals surface area contributed by atoms with Crippen LogP contribution in [0.15, 0.2) is 48.7 Å². The summed E-state index contributed by atoms with van der Waals surface area (Å²) in [6.07, 6.45) is 4.25. The van der Waals surface area contributed by atoms with E-state index in [2.05, 4.69) is 39.6 Å². The van der Waals surface area contributed by atoms with Crippen molar-refractivity contribution in [3.63, 3.8) is 0 Å². The highest BCUT2D eigenvalue weighted by Crippen LogP contribution is 2.24. The molecule has 1 amide bonds. The van der Waals surface area contributed by atoms with Crippen molar-refractivity contribution in [3.05, 3.63) is 54.4 Å². The summed E-state index contributed by atoms with van der Waals surface area (Å²) >= 11 is 0. The number of nitrogens with one attached hydrogen (secondary N) is 2. The molecule has 0 atom stereocenters. The fourth-order valence-corrected chi connectivity index (χ4v) is 2.99. The van der Waals surface area contributed by atoms with E-state index in [4.69, 9.17) is 0 Å². The summed E-state index contributed by atoms with van der Waals surface area (Å²) < 4.78 is 0. The minimum Gasteiger partial charge on any atom is -0.376 e. The maximum Gasteiger partial charge on any atom is 0.239 e. The van der Waals surface area contributed by atoms with Crippen molar-refractivity contribution < 1.29 is 4.79 Å². The lowest BCUT2D eigenvalue weighted by molar-refractivity contribution is -0.119. The number of anilines is 2. The molecule has 0 spiro atoms. The van der Waals surface area contributed by atoms with Crippen molar-refractivity contribution in [2.24, 2.45) is 5.92 Å². The number of hydrogen-bond donors (Lipinski definition) is 2. The lowest BCUT2D eigenvalue weighted by atomic mass is 9.99. The Kier molecular flexibility index (Phi) is 5.88. The second-order valence-electron chi connectivity index (χ2n) is 6.67. The Labute approximate surface area is 149 Å². The number of hydrogen-bond acceptors (Lipinski definition) is 4. The van der Waals surface area contributed by atoms with Crippen molar-refractivity contribution in [1.82, 2.24) is 10.3 Å². The number of piperidine rings is 1. The van der Waals surface area contributed by atoms with E-state index in [0.717, 1.165) is 30.4 Å². The second kappa shape index (κ2) is 8.51. The summed E-state index contributed by atoms with van der Waals surface area (Å²) in [5, 5.41) is 6.03. The van der Waals surface area contributed by atoms with Gasteiger partial charge >= 0.3 is 0 Å². The third kappa shape index (κ3) is 5.21. The molecule has 0 bridgehead atoms. The molecule has 2 aromatic rings. The van der Waals surface area contributed by atoms with E-state index in [0.29, 0.717) is 6.54 Å². The molecule has 1 aromatic heterocycles. The van der Waals surface area contributed by atoms with Crippen molar-refractivity contribution in [1.29, 1.82) is 0 Å². The normalized spacial score (nSPS) is 15.0. The zero-order valence-electron chi connectivity index (χ0n) is 14.7. The maximum absolute atomic E-state index is 11.9. The van der Waals surface area contributed by atoms with Gasteiger partial charge in [0.05, 0.1) is 18.8 Å². The van der Waals surface area contributed by atoms with Crippen molar-refractivity contribution in [2.45, 2.75) is 26.3 Å². The highest BCUT2D eigenvalue weighted by Gasteiger charge is 2.15. The average molecular weight is 338 g/mol. The Morgan fingerprint density at radius 2 is 1.92 bits per heavy atom. The zero-order valence-corrected chi connectivity index (χ0v) is 14.7. The summed E-state index contributed by atoms with van der Waals surface area (Å²) in [6.45, 7) is 5.29. The Hall–Kier alpha value is -2.56. The van der Waals surface area contributed by atoms with Crippen LogP contribution in [0.4, 0.5) is 11.4 Å². The molecule has 2 heterocycles. The summed E-state index contributed by atoms with van der Waals surface area (Å²) in [5.74, 6) is 0.793. The number of nitrogens with zero attached hydrogens (tertiary/aromatic N) is 2. The molecule has 25 heavy (non-hydrogen) atoms. The predicted molar refractivity (Wildman–Crippen MR) is 102 cm³/mol. The number of amides is 1. The van der Waals surface area contributed by atoms with Gasteiger partial charge in [-0.1, -0.05) is 13.0 Å². The maximum atomic E-state index is 11.9. The molecule has 5 nitrogen and oxygen atoms in total. The number of pyridine rings is 1. The molecule has 1 saturated heterocycles. The standard InChI is InChI=1S/C20H26N4O/c1-16-9-12-24(13-10-16)19-7-5-17(6-8-19)22-15-20(25)23-14-18-4-2-3-11-21-18/h2-8,11,16,22H,9-10,12-15H2,1H3,(H,23,25). The average Bonchev–Trinajstić information content (AvgIpc) is 2.67. The van der Waals surface area contributed by atoms with Crippen LogP contribution in [-0.4, -0.2) is 30.5 Å². The zero-order chi connectivity index (χ0) is 17.5. The van der Waals surface area contributed by atoms with Gasteiger partial charge in [-0.05, 0) is 55.2 Å². The van der Waals surface area contributed by atoms with Gasteiger partial charge in [-0.25, -0.2) is 0 Å². The minimum atomic E-state index is -0.0419. The van der Waals surface area contributed by atoms with Gasteiger partial charge in [0.2, 0.25) is 5.91 Å². The predicted octanol–water partition coefficient (Wildman–Crippen LogP) is 3.05. The Morgan fingerprint density at radius 1 is 1.16 bits per heavy atom.